The summed E-state index contributed by atoms with van der Waals surface area (Å²) >= 11 is 3.21. The quantitative estimate of drug-likeness (QED) is 0.860. The van der Waals surface area contributed by atoms with Crippen LogP contribution in [-0.4, -0.2) is 6.54 Å². The molecule has 0 bridgehead atoms. The van der Waals surface area contributed by atoms with Crippen LogP contribution in [0.25, 0.3) is 0 Å². The number of hydrogen-bond acceptors (Lipinski definition) is 1. The van der Waals surface area contributed by atoms with Gasteiger partial charge in [0.15, 0.2) is 0 Å². The third-order valence-corrected chi connectivity index (χ3v) is 3.66. The minimum absolute atomic E-state index is 0.0690. The van der Waals surface area contributed by atoms with Crippen LogP contribution in [0.4, 0.5) is 8.78 Å². The van der Waals surface area contributed by atoms with Gasteiger partial charge in [0, 0.05) is 16.1 Å². The maximum atomic E-state index is 12.6. The molecule has 88 valence electrons. The van der Waals surface area contributed by atoms with E-state index in [4.69, 9.17) is 0 Å². The fourth-order valence-electron chi connectivity index (χ4n) is 2.07. The summed E-state index contributed by atoms with van der Waals surface area (Å²) < 4.78 is 25.6. The molecule has 2 rings (SSSR count). The van der Waals surface area contributed by atoms with Crippen LogP contribution in [0, 0.1) is 0 Å². The molecule has 1 aromatic carbocycles. The van der Waals surface area contributed by atoms with E-state index in [1.165, 1.54) is 18.9 Å². The van der Waals surface area contributed by atoms with Crippen LogP contribution in [0.1, 0.15) is 42.9 Å². The summed E-state index contributed by atoms with van der Waals surface area (Å²) in [6.07, 6.45) is 1.07. The van der Waals surface area contributed by atoms with E-state index in [9.17, 15) is 8.78 Å². The smallest absolute Gasteiger partial charge is 0.264 e. The number of alkyl halides is 2. The SMILES string of the molecule is FC(F)c1ccc(C2CCCCN2)cc1Br. The lowest BCUT2D eigenvalue weighted by Crippen LogP contribution is -2.26. The highest BCUT2D eigenvalue weighted by Crippen LogP contribution is 2.31. The number of halogens is 3. The van der Waals surface area contributed by atoms with Crippen LogP contribution in [0.15, 0.2) is 22.7 Å². The molecule has 0 spiro atoms. The molecule has 1 N–H and O–H groups in total. The summed E-state index contributed by atoms with van der Waals surface area (Å²) in [5.74, 6) is 0. The van der Waals surface area contributed by atoms with Crippen LogP contribution >= 0.6 is 15.9 Å². The first kappa shape index (κ1) is 12.0. The largest absolute Gasteiger partial charge is 0.310 e. The molecule has 1 aromatic rings. The van der Waals surface area contributed by atoms with Crippen LogP contribution in [0.3, 0.4) is 0 Å². The molecular formula is C12H14BrF2N. The Balaban J connectivity index is 2.19. The topological polar surface area (TPSA) is 12.0 Å². The Morgan fingerprint density at radius 2 is 2.12 bits per heavy atom. The van der Waals surface area contributed by atoms with Crippen LogP contribution < -0.4 is 5.32 Å². The van der Waals surface area contributed by atoms with Crippen molar-refractivity contribution in [2.45, 2.75) is 31.7 Å². The second kappa shape index (κ2) is 5.23. The second-order valence-corrected chi connectivity index (χ2v) is 4.94. The number of benzene rings is 1. The molecular weight excluding hydrogens is 276 g/mol. The van der Waals surface area contributed by atoms with Gasteiger partial charge >= 0.3 is 0 Å². The zero-order valence-corrected chi connectivity index (χ0v) is 10.4. The number of hydrogen-bond donors (Lipinski definition) is 1. The van der Waals surface area contributed by atoms with E-state index in [0.717, 1.165) is 18.5 Å². The van der Waals surface area contributed by atoms with Gasteiger partial charge in [0.1, 0.15) is 0 Å². The number of nitrogens with one attached hydrogen (secondary N) is 1. The van der Waals surface area contributed by atoms with Gasteiger partial charge in [0.25, 0.3) is 6.43 Å². The summed E-state index contributed by atoms with van der Waals surface area (Å²) in [5, 5.41) is 3.40. The average Bonchev–Trinajstić information content (AvgIpc) is 2.29. The minimum atomic E-state index is -2.41. The van der Waals surface area contributed by atoms with E-state index < -0.39 is 6.43 Å². The van der Waals surface area contributed by atoms with Crippen molar-refractivity contribution in [3.63, 3.8) is 0 Å². The van der Waals surface area contributed by atoms with Gasteiger partial charge in [-0.25, -0.2) is 8.78 Å². The summed E-state index contributed by atoms with van der Waals surface area (Å²) in [6.45, 7) is 1.01. The van der Waals surface area contributed by atoms with E-state index in [0.29, 0.717) is 10.5 Å². The number of rotatable bonds is 2. The van der Waals surface area contributed by atoms with Crippen LogP contribution in [0.2, 0.25) is 0 Å². The predicted octanol–water partition coefficient (Wildman–Crippen LogP) is 4.20. The average molecular weight is 290 g/mol. The number of piperidine rings is 1. The molecule has 16 heavy (non-hydrogen) atoms. The standard InChI is InChI=1S/C12H14BrF2N/c13-10-7-8(4-5-9(10)12(14)15)11-3-1-2-6-16-11/h4-5,7,11-12,16H,1-3,6H2. The summed E-state index contributed by atoms with van der Waals surface area (Å²) in [5.41, 5.74) is 1.16. The maximum Gasteiger partial charge on any atom is 0.264 e. The summed E-state index contributed by atoms with van der Waals surface area (Å²) in [6, 6.07) is 5.44. The Kier molecular flexibility index (Phi) is 3.92. The van der Waals surface area contributed by atoms with Crippen molar-refractivity contribution in [2.75, 3.05) is 6.54 Å². The fourth-order valence-corrected chi connectivity index (χ4v) is 2.64. The molecule has 1 nitrogen and oxygen atoms in total. The summed E-state index contributed by atoms with van der Waals surface area (Å²) in [4.78, 5) is 0. The van der Waals surface area contributed by atoms with Crippen molar-refractivity contribution < 1.29 is 8.78 Å². The lowest BCUT2D eigenvalue weighted by Gasteiger charge is -2.24. The molecule has 1 unspecified atom stereocenters. The highest BCUT2D eigenvalue weighted by atomic mass is 79.9. The minimum Gasteiger partial charge on any atom is -0.310 e. The molecule has 0 aliphatic carbocycles. The zero-order chi connectivity index (χ0) is 11.5. The highest BCUT2D eigenvalue weighted by molar-refractivity contribution is 9.10. The molecule has 0 radical (unpaired) electrons. The van der Waals surface area contributed by atoms with E-state index in [1.807, 2.05) is 6.07 Å². The predicted molar refractivity (Wildman–Crippen MR) is 63.7 cm³/mol. The molecule has 1 atom stereocenters. The van der Waals surface area contributed by atoms with Crippen molar-refractivity contribution in [3.8, 4) is 0 Å². The normalized spacial score (nSPS) is 21.4. The molecule has 0 saturated carbocycles. The van der Waals surface area contributed by atoms with Gasteiger partial charge in [-0.05, 0) is 31.0 Å². The molecule has 4 heteroatoms. The summed E-state index contributed by atoms with van der Waals surface area (Å²) in [7, 11) is 0. The Morgan fingerprint density at radius 3 is 2.69 bits per heavy atom. The lowest BCUT2D eigenvalue weighted by molar-refractivity contribution is 0.150. The van der Waals surface area contributed by atoms with Gasteiger partial charge in [-0.15, -0.1) is 0 Å². The van der Waals surface area contributed by atoms with Gasteiger partial charge in [0.05, 0.1) is 0 Å². The van der Waals surface area contributed by atoms with Gasteiger partial charge in [-0.1, -0.05) is 34.5 Å². The van der Waals surface area contributed by atoms with E-state index in [1.54, 1.807) is 6.07 Å². The molecule has 1 aliphatic heterocycles. The first-order valence-corrected chi connectivity index (χ1v) is 6.28. The molecule has 1 saturated heterocycles. The Bertz CT molecular complexity index is 362. The molecule has 0 aromatic heterocycles. The van der Waals surface area contributed by atoms with E-state index in [-0.39, 0.29) is 5.56 Å². The highest BCUT2D eigenvalue weighted by Gasteiger charge is 2.17. The Morgan fingerprint density at radius 1 is 1.31 bits per heavy atom. The van der Waals surface area contributed by atoms with Crippen molar-refractivity contribution in [1.82, 2.24) is 5.32 Å². The molecule has 0 amide bonds. The first-order chi connectivity index (χ1) is 7.68. The first-order valence-electron chi connectivity index (χ1n) is 5.49. The fraction of sp³-hybridized carbons (Fsp3) is 0.500. The second-order valence-electron chi connectivity index (χ2n) is 4.08. The monoisotopic (exact) mass is 289 g/mol. The Labute approximate surface area is 102 Å². The van der Waals surface area contributed by atoms with Gasteiger partial charge in [0.2, 0.25) is 0 Å². The molecule has 1 heterocycles. The lowest BCUT2D eigenvalue weighted by atomic mass is 9.97. The molecule has 1 fully saturated rings. The van der Waals surface area contributed by atoms with Crippen molar-refractivity contribution >= 4 is 15.9 Å². The third kappa shape index (κ3) is 2.61. The van der Waals surface area contributed by atoms with Gasteiger partial charge < -0.3 is 5.32 Å². The van der Waals surface area contributed by atoms with Crippen LogP contribution in [-0.2, 0) is 0 Å². The van der Waals surface area contributed by atoms with Gasteiger partial charge in [-0.2, -0.15) is 0 Å². The molecule has 1 aliphatic rings. The maximum absolute atomic E-state index is 12.6. The van der Waals surface area contributed by atoms with Crippen LogP contribution in [0.5, 0.6) is 0 Å². The van der Waals surface area contributed by atoms with Crippen molar-refractivity contribution in [2.24, 2.45) is 0 Å². The third-order valence-electron chi connectivity index (χ3n) is 2.97. The van der Waals surface area contributed by atoms with E-state index in [2.05, 4.69) is 21.2 Å². The van der Waals surface area contributed by atoms with Crippen molar-refractivity contribution in [1.29, 1.82) is 0 Å². The zero-order valence-electron chi connectivity index (χ0n) is 8.85. The van der Waals surface area contributed by atoms with E-state index >= 15 is 0 Å². The van der Waals surface area contributed by atoms with Crippen molar-refractivity contribution in [3.05, 3.63) is 33.8 Å². The Hall–Kier alpha value is -0.480. The van der Waals surface area contributed by atoms with Gasteiger partial charge in [-0.3, -0.25) is 0 Å².